The first-order chi connectivity index (χ1) is 15.1. The molecule has 5 aromatic carbocycles. The zero-order valence-corrected chi connectivity index (χ0v) is 16.7. The molecule has 150 valence electrons. The molecule has 0 heterocycles. The molecule has 0 atom stereocenters. The Balaban J connectivity index is 1.90. The summed E-state index contributed by atoms with van der Waals surface area (Å²) in [5.41, 5.74) is 2.69. The molecule has 0 saturated heterocycles. The minimum absolute atomic E-state index is 0.0647. The third-order valence-electron chi connectivity index (χ3n) is 5.56. The van der Waals surface area contributed by atoms with Crippen LogP contribution in [0, 0.1) is 0 Å². The maximum absolute atomic E-state index is 10.7. The normalized spacial score (nSPS) is 11.0. The van der Waals surface area contributed by atoms with Crippen molar-refractivity contribution in [1.82, 2.24) is 0 Å². The highest BCUT2D eigenvalue weighted by Crippen LogP contribution is 2.42. The van der Waals surface area contributed by atoms with E-state index >= 15 is 0 Å². The van der Waals surface area contributed by atoms with Gasteiger partial charge in [0.2, 0.25) is 0 Å². The van der Waals surface area contributed by atoms with Crippen molar-refractivity contribution in [2.45, 2.75) is 0 Å². The lowest BCUT2D eigenvalue weighted by molar-refractivity contribution is 0.420. The second-order valence-corrected chi connectivity index (χ2v) is 7.42. The molecule has 0 aliphatic heterocycles. The Kier molecular flexibility index (Phi) is 4.83. The molecule has 5 rings (SSSR count). The Morgan fingerprint density at radius 1 is 0.581 bits per heavy atom. The van der Waals surface area contributed by atoms with E-state index < -0.39 is 7.12 Å². The Bertz CT molecular complexity index is 1380. The number of hydrogen-bond acceptors (Lipinski definition) is 4. The van der Waals surface area contributed by atoms with Crippen LogP contribution in [0.15, 0.2) is 103 Å². The molecular formula is C26H20BNO3. The molecule has 3 N–H and O–H groups in total. The number of phenols is 1. The van der Waals surface area contributed by atoms with Crippen molar-refractivity contribution in [3.8, 4) is 5.75 Å². The highest BCUT2D eigenvalue weighted by atomic mass is 16.4. The lowest BCUT2D eigenvalue weighted by Gasteiger charge is -2.29. The number of para-hydroxylation sites is 1. The van der Waals surface area contributed by atoms with Crippen LogP contribution >= 0.6 is 0 Å². The van der Waals surface area contributed by atoms with E-state index in [1.165, 1.54) is 0 Å². The first-order valence-electron chi connectivity index (χ1n) is 10.1. The van der Waals surface area contributed by atoms with Gasteiger partial charge in [0.25, 0.3) is 0 Å². The largest absolute Gasteiger partial charge is 0.508 e. The van der Waals surface area contributed by atoms with Crippen LogP contribution in [0.4, 0.5) is 17.1 Å². The molecule has 0 spiro atoms. The van der Waals surface area contributed by atoms with E-state index in [9.17, 15) is 15.2 Å². The van der Waals surface area contributed by atoms with Gasteiger partial charge < -0.3 is 20.1 Å². The minimum Gasteiger partial charge on any atom is -0.508 e. The van der Waals surface area contributed by atoms with Crippen molar-refractivity contribution < 1.29 is 15.2 Å². The molecule has 0 unspecified atom stereocenters. The molecule has 0 radical (unpaired) electrons. The number of rotatable bonds is 4. The molecule has 0 bridgehead atoms. The summed E-state index contributed by atoms with van der Waals surface area (Å²) in [5.74, 6) is -0.125. The van der Waals surface area contributed by atoms with Gasteiger partial charge in [-0.25, -0.2) is 0 Å². The summed E-state index contributed by atoms with van der Waals surface area (Å²) in [6.45, 7) is 0. The molecule has 0 amide bonds. The Hall–Kier alpha value is -3.80. The average molecular weight is 405 g/mol. The van der Waals surface area contributed by atoms with Crippen LogP contribution in [-0.4, -0.2) is 22.3 Å². The van der Waals surface area contributed by atoms with E-state index in [1.807, 2.05) is 72.8 Å². The molecule has 0 aliphatic rings. The van der Waals surface area contributed by atoms with Crippen molar-refractivity contribution in [2.24, 2.45) is 0 Å². The average Bonchev–Trinajstić information content (AvgIpc) is 2.81. The topological polar surface area (TPSA) is 63.9 Å². The molecule has 31 heavy (non-hydrogen) atoms. The lowest BCUT2D eigenvalue weighted by atomic mass is 9.77. The summed E-state index contributed by atoms with van der Waals surface area (Å²) < 4.78 is 0. The molecule has 5 aromatic rings. The van der Waals surface area contributed by atoms with Gasteiger partial charge in [-0.15, -0.1) is 0 Å². The smallest absolute Gasteiger partial charge is 0.492 e. The molecular weight excluding hydrogens is 385 g/mol. The van der Waals surface area contributed by atoms with Gasteiger partial charge in [0.05, 0.1) is 11.4 Å². The summed E-state index contributed by atoms with van der Waals surface area (Å²) in [6.07, 6.45) is 0. The first kappa shape index (κ1) is 19.2. The van der Waals surface area contributed by atoms with E-state index in [0.29, 0.717) is 5.39 Å². The van der Waals surface area contributed by atoms with E-state index in [0.717, 1.165) is 33.2 Å². The minimum atomic E-state index is -1.80. The number of aromatic hydroxyl groups is 1. The van der Waals surface area contributed by atoms with Crippen molar-refractivity contribution in [3.63, 3.8) is 0 Å². The maximum atomic E-state index is 10.7. The van der Waals surface area contributed by atoms with Gasteiger partial charge in [-0.2, -0.15) is 0 Å². The van der Waals surface area contributed by atoms with Crippen LogP contribution in [0.5, 0.6) is 5.75 Å². The molecule has 0 fully saturated rings. The highest BCUT2D eigenvalue weighted by Gasteiger charge is 2.24. The molecule has 0 aromatic heterocycles. The van der Waals surface area contributed by atoms with Crippen molar-refractivity contribution in [1.29, 1.82) is 0 Å². The van der Waals surface area contributed by atoms with Crippen LogP contribution in [-0.2, 0) is 0 Å². The van der Waals surface area contributed by atoms with E-state index in [1.54, 1.807) is 12.1 Å². The van der Waals surface area contributed by atoms with Crippen LogP contribution in [0.2, 0.25) is 0 Å². The van der Waals surface area contributed by atoms with Crippen LogP contribution < -0.4 is 10.4 Å². The summed E-state index contributed by atoms with van der Waals surface area (Å²) in [5, 5.41) is 34.2. The Labute approximate surface area is 180 Å². The quantitative estimate of drug-likeness (QED) is 0.374. The predicted octanol–water partition coefficient (Wildman–Crippen LogP) is 4.85. The third-order valence-corrected chi connectivity index (χ3v) is 5.56. The summed E-state index contributed by atoms with van der Waals surface area (Å²) >= 11 is 0. The van der Waals surface area contributed by atoms with Crippen LogP contribution in [0.3, 0.4) is 0 Å². The third kappa shape index (κ3) is 3.30. The molecule has 5 heteroatoms. The van der Waals surface area contributed by atoms with Gasteiger partial charge in [0.15, 0.2) is 0 Å². The Morgan fingerprint density at radius 2 is 1.19 bits per heavy atom. The second kappa shape index (κ2) is 7.80. The predicted molar refractivity (Wildman–Crippen MR) is 128 cm³/mol. The fraction of sp³-hybridized carbons (Fsp3) is 0. The van der Waals surface area contributed by atoms with E-state index in [-0.39, 0.29) is 11.2 Å². The number of phenolic OH excluding ortho intramolecular Hbond substituents is 1. The summed E-state index contributed by atoms with van der Waals surface area (Å²) in [6, 6.07) is 33.3. The molecule has 0 aliphatic carbocycles. The van der Waals surface area contributed by atoms with Crippen molar-refractivity contribution in [3.05, 3.63) is 103 Å². The maximum Gasteiger partial charge on any atom is 0.492 e. The number of hydrogen-bond donors (Lipinski definition) is 3. The number of anilines is 3. The number of benzene rings is 5. The van der Waals surface area contributed by atoms with Crippen molar-refractivity contribution in [2.75, 3.05) is 4.90 Å². The number of nitrogens with zero attached hydrogens (tertiary/aromatic N) is 1. The fourth-order valence-electron chi connectivity index (χ4n) is 4.13. The monoisotopic (exact) mass is 405 g/mol. The highest BCUT2D eigenvalue weighted by molar-refractivity contribution is 6.60. The first-order valence-corrected chi connectivity index (χ1v) is 10.1. The Morgan fingerprint density at radius 3 is 1.94 bits per heavy atom. The molecule has 4 nitrogen and oxygen atoms in total. The van der Waals surface area contributed by atoms with Crippen LogP contribution in [0.25, 0.3) is 21.5 Å². The summed E-state index contributed by atoms with van der Waals surface area (Å²) in [7, 11) is -1.80. The zero-order chi connectivity index (χ0) is 21.4. The van der Waals surface area contributed by atoms with Crippen LogP contribution in [0.1, 0.15) is 0 Å². The standard InChI is InChI=1S/C26H20BNO3/c29-26-22-15-7-6-14-21(22)25(17-23(26)27(30)31)28(19-11-2-1-3-12-19)24-16-8-10-18-9-4-5-13-20(18)24/h1-17,29-31H. The van der Waals surface area contributed by atoms with E-state index in [4.69, 9.17) is 0 Å². The lowest BCUT2D eigenvalue weighted by Crippen LogP contribution is -2.31. The van der Waals surface area contributed by atoms with Gasteiger partial charge in [0, 0.05) is 27.3 Å². The van der Waals surface area contributed by atoms with Gasteiger partial charge in [-0.3, -0.25) is 0 Å². The zero-order valence-electron chi connectivity index (χ0n) is 16.7. The van der Waals surface area contributed by atoms with Gasteiger partial charge >= 0.3 is 7.12 Å². The second-order valence-electron chi connectivity index (χ2n) is 7.42. The van der Waals surface area contributed by atoms with Gasteiger partial charge in [-0.05, 0) is 29.7 Å². The van der Waals surface area contributed by atoms with Crippen molar-refractivity contribution >= 4 is 51.2 Å². The van der Waals surface area contributed by atoms with E-state index in [2.05, 4.69) is 23.1 Å². The summed E-state index contributed by atoms with van der Waals surface area (Å²) in [4.78, 5) is 2.09. The number of fused-ring (bicyclic) bond motifs is 2. The fourth-order valence-corrected chi connectivity index (χ4v) is 4.13. The van der Waals surface area contributed by atoms with Gasteiger partial charge in [0.1, 0.15) is 5.75 Å². The SMILES string of the molecule is OB(O)c1cc(N(c2ccccc2)c2cccc3ccccc23)c2ccccc2c1O. The van der Waals surface area contributed by atoms with Gasteiger partial charge in [-0.1, -0.05) is 78.9 Å². The molecule has 0 saturated carbocycles.